The SMILES string of the molecule is FC(F)=C(F)OCC(F)(F)C(F)(F)C(F)(F)C(F)F. The standard InChI is InChI=1S/C7H3F11O/c8-2(9)3(10)19-1-5(13,14)7(17,18)6(15,16)4(11)12/h4H,1H2. The molecule has 0 fully saturated rings. The van der Waals surface area contributed by atoms with E-state index in [9.17, 15) is 48.3 Å². The van der Waals surface area contributed by atoms with Gasteiger partial charge in [-0.25, -0.2) is 8.78 Å². The zero-order valence-electron chi connectivity index (χ0n) is 8.35. The summed E-state index contributed by atoms with van der Waals surface area (Å²) in [6.45, 7) is -2.98. The molecule has 0 saturated heterocycles. The minimum atomic E-state index is -6.64. The number of hydrogen-bond donors (Lipinski definition) is 0. The summed E-state index contributed by atoms with van der Waals surface area (Å²) >= 11 is 0. The van der Waals surface area contributed by atoms with Crippen molar-refractivity contribution in [2.45, 2.75) is 24.2 Å². The van der Waals surface area contributed by atoms with Crippen molar-refractivity contribution < 1.29 is 53.0 Å². The van der Waals surface area contributed by atoms with Crippen molar-refractivity contribution in [2.24, 2.45) is 0 Å². The van der Waals surface area contributed by atoms with Gasteiger partial charge in [-0.05, 0) is 0 Å². The molecular formula is C7H3F11O. The molecule has 0 amide bonds. The summed E-state index contributed by atoms with van der Waals surface area (Å²) in [6.07, 6.45) is -8.48. The molecule has 0 aliphatic heterocycles. The van der Waals surface area contributed by atoms with Gasteiger partial charge in [0.05, 0.1) is 0 Å². The first kappa shape index (κ1) is 17.8. The van der Waals surface area contributed by atoms with Crippen molar-refractivity contribution in [3.8, 4) is 0 Å². The van der Waals surface area contributed by atoms with Crippen LogP contribution in [0.3, 0.4) is 0 Å². The molecule has 0 spiro atoms. The van der Waals surface area contributed by atoms with Gasteiger partial charge in [0.15, 0.2) is 6.61 Å². The Labute approximate surface area is 97.2 Å². The van der Waals surface area contributed by atoms with Crippen LogP contribution in [0, 0.1) is 0 Å². The Balaban J connectivity index is 5.14. The van der Waals surface area contributed by atoms with E-state index in [2.05, 4.69) is 4.74 Å². The molecule has 114 valence electrons. The summed E-state index contributed by atoms with van der Waals surface area (Å²) in [4.78, 5) is 0. The zero-order valence-corrected chi connectivity index (χ0v) is 8.35. The Hall–Kier alpha value is -1.23. The third-order valence-corrected chi connectivity index (χ3v) is 1.68. The minimum absolute atomic E-state index is 2.78. The summed E-state index contributed by atoms with van der Waals surface area (Å²) < 4.78 is 135. The first-order valence-corrected chi connectivity index (χ1v) is 4.02. The van der Waals surface area contributed by atoms with Gasteiger partial charge in [-0.2, -0.15) is 39.5 Å². The Kier molecular flexibility index (Phi) is 5.06. The number of ether oxygens (including phenoxy) is 1. The van der Waals surface area contributed by atoms with Gasteiger partial charge >= 0.3 is 36.3 Å². The molecule has 0 aromatic rings. The number of rotatable bonds is 6. The highest BCUT2D eigenvalue weighted by atomic mass is 19.4. The monoisotopic (exact) mass is 312 g/mol. The van der Waals surface area contributed by atoms with Gasteiger partial charge in [0.1, 0.15) is 0 Å². The third-order valence-electron chi connectivity index (χ3n) is 1.68. The molecule has 0 aromatic carbocycles. The lowest BCUT2D eigenvalue weighted by Gasteiger charge is -2.31. The lowest BCUT2D eigenvalue weighted by atomic mass is 10.1. The van der Waals surface area contributed by atoms with Gasteiger partial charge in [-0.1, -0.05) is 0 Å². The molecule has 0 radical (unpaired) electrons. The second kappa shape index (κ2) is 5.41. The highest BCUT2D eigenvalue weighted by molar-refractivity contribution is 4.98. The van der Waals surface area contributed by atoms with E-state index in [1.165, 1.54) is 0 Å². The molecule has 0 aliphatic rings. The van der Waals surface area contributed by atoms with E-state index in [1.807, 2.05) is 0 Å². The molecule has 1 nitrogen and oxygen atoms in total. The van der Waals surface area contributed by atoms with Gasteiger partial charge in [0, 0.05) is 0 Å². The molecule has 0 aliphatic carbocycles. The van der Waals surface area contributed by atoms with Gasteiger partial charge in [0.25, 0.3) is 0 Å². The molecule has 0 rings (SSSR count). The van der Waals surface area contributed by atoms with Crippen LogP contribution in [0.2, 0.25) is 0 Å². The maximum absolute atomic E-state index is 12.6. The lowest BCUT2D eigenvalue weighted by Crippen LogP contribution is -2.59. The zero-order chi connectivity index (χ0) is 15.6. The first-order chi connectivity index (χ1) is 8.27. The van der Waals surface area contributed by atoms with E-state index >= 15 is 0 Å². The van der Waals surface area contributed by atoms with E-state index in [-0.39, 0.29) is 0 Å². The van der Waals surface area contributed by atoms with Crippen LogP contribution in [0.15, 0.2) is 12.1 Å². The van der Waals surface area contributed by atoms with Crippen molar-refractivity contribution in [3.05, 3.63) is 12.1 Å². The largest absolute Gasteiger partial charge is 0.460 e. The summed E-state index contributed by atoms with van der Waals surface area (Å²) in [5.74, 6) is -19.1. The van der Waals surface area contributed by atoms with Gasteiger partial charge in [0.2, 0.25) is 0 Å². The van der Waals surface area contributed by atoms with Crippen molar-refractivity contribution in [1.29, 1.82) is 0 Å². The smallest absolute Gasteiger partial charge is 0.381 e. The summed E-state index contributed by atoms with van der Waals surface area (Å²) in [5.41, 5.74) is 0. The molecular weight excluding hydrogens is 309 g/mol. The predicted octanol–water partition coefficient (Wildman–Crippen LogP) is 4.21. The topological polar surface area (TPSA) is 9.23 Å². The second-order valence-corrected chi connectivity index (χ2v) is 3.03. The molecule has 0 heterocycles. The Morgan fingerprint density at radius 1 is 0.895 bits per heavy atom. The molecule has 0 unspecified atom stereocenters. The normalized spacial score (nSPS) is 13.7. The van der Waals surface area contributed by atoms with E-state index in [0.717, 1.165) is 0 Å². The number of halogens is 11. The van der Waals surface area contributed by atoms with Gasteiger partial charge < -0.3 is 4.74 Å². The third kappa shape index (κ3) is 3.41. The summed E-state index contributed by atoms with van der Waals surface area (Å²) in [7, 11) is 0. The quantitative estimate of drug-likeness (QED) is 0.527. The molecule has 0 bridgehead atoms. The Bertz CT molecular complexity index is 343. The summed E-state index contributed by atoms with van der Waals surface area (Å²) in [5, 5.41) is 0. The van der Waals surface area contributed by atoms with Gasteiger partial charge in [-0.3, -0.25) is 0 Å². The second-order valence-electron chi connectivity index (χ2n) is 3.03. The van der Waals surface area contributed by atoms with E-state index in [1.54, 1.807) is 0 Å². The highest BCUT2D eigenvalue weighted by Gasteiger charge is 2.75. The van der Waals surface area contributed by atoms with Crippen LogP contribution in [-0.4, -0.2) is 30.8 Å². The maximum atomic E-state index is 12.6. The fraction of sp³-hybridized carbons (Fsp3) is 0.714. The van der Waals surface area contributed by atoms with Crippen molar-refractivity contribution in [2.75, 3.05) is 6.61 Å². The Morgan fingerprint density at radius 2 is 1.32 bits per heavy atom. The molecule has 19 heavy (non-hydrogen) atoms. The molecule has 0 N–H and O–H groups in total. The Morgan fingerprint density at radius 3 is 1.63 bits per heavy atom. The lowest BCUT2D eigenvalue weighted by molar-refractivity contribution is -0.345. The predicted molar refractivity (Wildman–Crippen MR) is 37.1 cm³/mol. The van der Waals surface area contributed by atoms with Crippen LogP contribution in [0.1, 0.15) is 0 Å². The van der Waals surface area contributed by atoms with Crippen LogP contribution in [0.25, 0.3) is 0 Å². The minimum Gasteiger partial charge on any atom is -0.460 e. The molecule has 0 atom stereocenters. The molecule has 0 aromatic heterocycles. The fourth-order valence-corrected chi connectivity index (χ4v) is 0.680. The van der Waals surface area contributed by atoms with Crippen LogP contribution < -0.4 is 0 Å². The van der Waals surface area contributed by atoms with Gasteiger partial charge in [-0.15, -0.1) is 0 Å². The average Bonchev–Trinajstić information content (AvgIpc) is 2.24. The van der Waals surface area contributed by atoms with Crippen molar-refractivity contribution >= 4 is 0 Å². The molecule has 0 saturated carbocycles. The van der Waals surface area contributed by atoms with Crippen LogP contribution >= 0.6 is 0 Å². The van der Waals surface area contributed by atoms with Crippen LogP contribution in [0.5, 0.6) is 0 Å². The van der Waals surface area contributed by atoms with Crippen molar-refractivity contribution in [3.63, 3.8) is 0 Å². The van der Waals surface area contributed by atoms with Crippen LogP contribution in [-0.2, 0) is 4.74 Å². The van der Waals surface area contributed by atoms with Crippen molar-refractivity contribution in [1.82, 2.24) is 0 Å². The van der Waals surface area contributed by atoms with Crippen LogP contribution in [0.4, 0.5) is 48.3 Å². The van der Waals surface area contributed by atoms with E-state index < -0.39 is 42.9 Å². The highest BCUT2D eigenvalue weighted by Crippen LogP contribution is 2.48. The first-order valence-electron chi connectivity index (χ1n) is 4.02. The fourth-order valence-electron chi connectivity index (χ4n) is 0.680. The number of alkyl halides is 8. The average molecular weight is 312 g/mol. The molecule has 12 heteroatoms. The maximum Gasteiger partial charge on any atom is 0.381 e. The van der Waals surface area contributed by atoms with E-state index in [0.29, 0.717) is 0 Å². The summed E-state index contributed by atoms with van der Waals surface area (Å²) in [6, 6.07) is -3.02. The number of hydrogen-bond acceptors (Lipinski definition) is 1. The van der Waals surface area contributed by atoms with E-state index in [4.69, 9.17) is 0 Å².